The van der Waals surface area contributed by atoms with Crippen molar-refractivity contribution in [2.24, 2.45) is 0 Å². The molecule has 0 saturated heterocycles. The number of aromatic nitrogens is 3. The van der Waals surface area contributed by atoms with Gasteiger partial charge in [-0.25, -0.2) is 9.07 Å². The van der Waals surface area contributed by atoms with Gasteiger partial charge in [-0.05, 0) is 60.7 Å². The molecule has 0 fully saturated rings. The first-order valence-electron chi connectivity index (χ1n) is 7.91. The molecule has 8 nitrogen and oxygen atoms in total. The Balaban J connectivity index is 1.42. The summed E-state index contributed by atoms with van der Waals surface area (Å²) in [6.45, 7) is -0.323. The van der Waals surface area contributed by atoms with Crippen molar-refractivity contribution < 1.29 is 13.9 Å². The molecule has 1 heterocycles. The van der Waals surface area contributed by atoms with Gasteiger partial charge >= 0.3 is 6.01 Å². The number of hydrogen-bond acceptors (Lipinski definition) is 5. The molecule has 0 saturated carbocycles. The molecule has 0 spiro atoms. The van der Waals surface area contributed by atoms with Crippen LogP contribution in [0.1, 0.15) is 0 Å². The van der Waals surface area contributed by atoms with Crippen LogP contribution in [0, 0.1) is 5.82 Å². The lowest BCUT2D eigenvalue weighted by atomic mass is 10.3. The maximum absolute atomic E-state index is 12.9. The molecule has 0 bridgehead atoms. The molecule has 0 atom stereocenters. The number of carbonyl (C=O) groups is 1. The standard InChI is InChI=1S/C17H14ClFN6O2S/c18-11-1-7-14(8-2-11)25-10-20-16(24-25)27-9-15(26)22-23-17(28)21-13-5-3-12(19)4-6-13/h1-8,10H,9H2,(H,22,26)(H2,21,23,28). The smallest absolute Gasteiger partial charge is 0.336 e. The summed E-state index contributed by atoms with van der Waals surface area (Å²) in [4.78, 5) is 15.8. The molecule has 11 heteroatoms. The second-order valence-corrected chi connectivity index (χ2v) is 6.22. The van der Waals surface area contributed by atoms with Crippen molar-refractivity contribution in [3.05, 3.63) is 65.7 Å². The summed E-state index contributed by atoms with van der Waals surface area (Å²) in [5, 5.41) is 7.63. The fourth-order valence-corrected chi connectivity index (χ4v) is 2.32. The van der Waals surface area contributed by atoms with Crippen LogP contribution in [-0.2, 0) is 4.79 Å². The van der Waals surface area contributed by atoms with Crippen LogP contribution in [-0.4, -0.2) is 32.4 Å². The molecule has 1 aromatic heterocycles. The summed E-state index contributed by atoms with van der Waals surface area (Å²) in [5.41, 5.74) is 6.18. The Hall–Kier alpha value is -3.24. The Kier molecular flexibility index (Phi) is 6.35. The average Bonchev–Trinajstić information content (AvgIpc) is 3.16. The van der Waals surface area contributed by atoms with E-state index in [1.54, 1.807) is 24.3 Å². The third-order valence-corrected chi connectivity index (χ3v) is 3.77. The maximum Gasteiger partial charge on any atom is 0.336 e. The number of hydrazine groups is 1. The Bertz CT molecular complexity index is 965. The normalized spacial score (nSPS) is 10.2. The highest BCUT2D eigenvalue weighted by atomic mass is 35.5. The first kappa shape index (κ1) is 19.5. The van der Waals surface area contributed by atoms with Gasteiger partial charge in [0.25, 0.3) is 5.91 Å². The maximum atomic E-state index is 12.9. The lowest BCUT2D eigenvalue weighted by Gasteiger charge is -2.11. The van der Waals surface area contributed by atoms with E-state index in [0.717, 1.165) is 5.69 Å². The minimum atomic E-state index is -0.494. The molecule has 3 aromatic rings. The monoisotopic (exact) mass is 420 g/mol. The van der Waals surface area contributed by atoms with E-state index >= 15 is 0 Å². The van der Waals surface area contributed by atoms with Crippen LogP contribution in [0.5, 0.6) is 6.01 Å². The summed E-state index contributed by atoms with van der Waals surface area (Å²) < 4.78 is 19.6. The van der Waals surface area contributed by atoms with Crippen molar-refractivity contribution in [3.63, 3.8) is 0 Å². The summed E-state index contributed by atoms with van der Waals surface area (Å²) in [6, 6.07) is 12.6. The highest BCUT2D eigenvalue weighted by molar-refractivity contribution is 7.80. The number of rotatable bonds is 5. The van der Waals surface area contributed by atoms with Crippen LogP contribution in [0.25, 0.3) is 5.69 Å². The number of halogens is 2. The van der Waals surface area contributed by atoms with Crippen molar-refractivity contribution in [2.45, 2.75) is 0 Å². The van der Waals surface area contributed by atoms with Crippen LogP contribution in [0.4, 0.5) is 10.1 Å². The van der Waals surface area contributed by atoms with Crippen molar-refractivity contribution in [3.8, 4) is 11.7 Å². The second-order valence-electron chi connectivity index (χ2n) is 5.37. The molecule has 3 N–H and O–H groups in total. The number of ether oxygens (including phenoxy) is 1. The number of anilines is 1. The van der Waals surface area contributed by atoms with Gasteiger partial charge in [-0.2, -0.15) is 4.98 Å². The van der Waals surface area contributed by atoms with Gasteiger partial charge < -0.3 is 10.1 Å². The summed E-state index contributed by atoms with van der Waals surface area (Å²) >= 11 is 10.9. The third-order valence-electron chi connectivity index (χ3n) is 3.31. The summed E-state index contributed by atoms with van der Waals surface area (Å²) in [6.07, 6.45) is 1.45. The fraction of sp³-hybridized carbons (Fsp3) is 0.0588. The first-order valence-corrected chi connectivity index (χ1v) is 8.70. The summed E-state index contributed by atoms with van der Waals surface area (Å²) in [7, 11) is 0. The van der Waals surface area contributed by atoms with Gasteiger partial charge in [-0.15, -0.1) is 5.10 Å². The number of amides is 1. The molecular formula is C17H14ClFN6O2S. The minimum Gasteiger partial charge on any atom is -0.452 e. The molecule has 3 rings (SSSR count). The predicted octanol–water partition coefficient (Wildman–Crippen LogP) is 2.46. The predicted molar refractivity (Wildman–Crippen MR) is 106 cm³/mol. The summed E-state index contributed by atoms with van der Waals surface area (Å²) in [5.74, 6) is -0.854. The van der Waals surface area contributed by atoms with Crippen molar-refractivity contribution in [2.75, 3.05) is 11.9 Å². The van der Waals surface area contributed by atoms with E-state index in [0.29, 0.717) is 10.7 Å². The third kappa shape index (κ3) is 5.63. The minimum absolute atomic E-state index is 0.0390. The highest BCUT2D eigenvalue weighted by Gasteiger charge is 2.08. The number of nitrogens with one attached hydrogen (secondary N) is 3. The van der Waals surface area contributed by atoms with E-state index in [2.05, 4.69) is 26.3 Å². The van der Waals surface area contributed by atoms with Gasteiger partial charge in [0.05, 0.1) is 5.69 Å². The lowest BCUT2D eigenvalue weighted by molar-refractivity contribution is -0.123. The molecule has 0 unspecified atom stereocenters. The van der Waals surface area contributed by atoms with E-state index in [4.69, 9.17) is 28.6 Å². The van der Waals surface area contributed by atoms with Crippen LogP contribution in [0.3, 0.4) is 0 Å². The van der Waals surface area contributed by atoms with Gasteiger partial charge in [0, 0.05) is 10.7 Å². The molecule has 2 aromatic carbocycles. The molecule has 144 valence electrons. The Labute approximate surface area is 169 Å². The number of hydrogen-bond donors (Lipinski definition) is 3. The molecule has 1 amide bonds. The molecule has 0 radical (unpaired) electrons. The van der Waals surface area contributed by atoms with Crippen LogP contribution < -0.4 is 20.9 Å². The zero-order valence-electron chi connectivity index (χ0n) is 14.2. The zero-order valence-corrected chi connectivity index (χ0v) is 15.8. The molecule has 0 aliphatic heterocycles. The Morgan fingerprint density at radius 3 is 2.57 bits per heavy atom. The van der Waals surface area contributed by atoms with Crippen LogP contribution in [0.2, 0.25) is 5.02 Å². The van der Waals surface area contributed by atoms with Crippen molar-refractivity contribution in [1.29, 1.82) is 0 Å². The highest BCUT2D eigenvalue weighted by Crippen LogP contribution is 2.13. The zero-order chi connectivity index (χ0) is 19.9. The van der Waals surface area contributed by atoms with Gasteiger partial charge in [-0.1, -0.05) is 11.6 Å². The Morgan fingerprint density at radius 1 is 1.14 bits per heavy atom. The van der Waals surface area contributed by atoms with Gasteiger partial charge in [0.15, 0.2) is 11.7 Å². The van der Waals surface area contributed by atoms with Gasteiger partial charge in [0.1, 0.15) is 12.1 Å². The number of thiocarbonyl (C=S) groups is 1. The van der Waals surface area contributed by atoms with Gasteiger partial charge in [-0.3, -0.25) is 15.6 Å². The van der Waals surface area contributed by atoms with E-state index in [1.807, 2.05) is 0 Å². The van der Waals surface area contributed by atoms with E-state index in [-0.39, 0.29) is 23.5 Å². The molecular weight excluding hydrogens is 407 g/mol. The SMILES string of the molecule is O=C(COc1ncn(-c2ccc(Cl)cc2)n1)NNC(=S)Nc1ccc(F)cc1. The fourth-order valence-electron chi connectivity index (χ4n) is 2.02. The number of carbonyl (C=O) groups excluding carboxylic acids is 1. The first-order chi connectivity index (χ1) is 13.5. The van der Waals surface area contributed by atoms with Crippen molar-refractivity contribution in [1.82, 2.24) is 25.6 Å². The molecule has 0 aliphatic rings. The average molecular weight is 421 g/mol. The van der Waals surface area contributed by atoms with Crippen molar-refractivity contribution >= 4 is 40.5 Å². The molecule has 0 aliphatic carbocycles. The molecule has 28 heavy (non-hydrogen) atoms. The quantitative estimate of drug-likeness (QED) is 0.431. The van der Waals surface area contributed by atoms with Crippen LogP contribution >= 0.6 is 23.8 Å². The Morgan fingerprint density at radius 2 is 1.86 bits per heavy atom. The van der Waals surface area contributed by atoms with E-state index in [9.17, 15) is 9.18 Å². The number of nitrogens with zero attached hydrogens (tertiary/aromatic N) is 3. The van der Waals surface area contributed by atoms with E-state index < -0.39 is 5.91 Å². The lowest BCUT2D eigenvalue weighted by Crippen LogP contribution is -2.45. The topological polar surface area (TPSA) is 93.1 Å². The second kappa shape index (κ2) is 9.11. The van der Waals surface area contributed by atoms with E-state index in [1.165, 1.54) is 35.3 Å². The van der Waals surface area contributed by atoms with Crippen LogP contribution in [0.15, 0.2) is 54.9 Å². The van der Waals surface area contributed by atoms with Gasteiger partial charge in [0.2, 0.25) is 0 Å². The number of benzene rings is 2. The largest absolute Gasteiger partial charge is 0.452 e.